The first-order chi connectivity index (χ1) is 11.5. The zero-order valence-corrected chi connectivity index (χ0v) is 13.3. The molecule has 0 saturated heterocycles. The number of nitrogens with one attached hydrogen (secondary N) is 1. The quantitative estimate of drug-likeness (QED) is 0.872. The van der Waals surface area contributed by atoms with Crippen molar-refractivity contribution in [2.45, 2.75) is 6.04 Å². The number of carbonyl (C=O) groups is 1. The Hall–Kier alpha value is -2.77. The maximum absolute atomic E-state index is 12.3. The fraction of sp³-hybridized carbons (Fsp3) is 0.0588. The van der Waals surface area contributed by atoms with Crippen molar-refractivity contribution in [1.82, 2.24) is 4.72 Å². The molecule has 7 heteroatoms. The standard InChI is InChI=1S/C17H14N2O4S/c20-17(21)16-15(13-8-4-5-9-14(13)18-16)19-24(22,23)11-10-12-6-2-1-3-7-12/h1-11,15,19H,(H,20,21)/b11-10-. The van der Waals surface area contributed by atoms with E-state index >= 15 is 0 Å². The Bertz CT molecular complexity index is 934. The SMILES string of the molecule is O=C(O)C1=Nc2ccccc2C1NS(=O)(=O)/C=C\c1ccccc1. The number of para-hydroxylation sites is 1. The Morgan fingerprint density at radius 3 is 2.46 bits per heavy atom. The second-order valence-corrected chi connectivity index (χ2v) is 6.77. The number of fused-ring (bicyclic) bond motifs is 1. The molecule has 1 aliphatic heterocycles. The van der Waals surface area contributed by atoms with Crippen molar-refractivity contribution in [3.8, 4) is 0 Å². The monoisotopic (exact) mass is 342 g/mol. The van der Waals surface area contributed by atoms with Crippen LogP contribution in [-0.4, -0.2) is 25.2 Å². The summed E-state index contributed by atoms with van der Waals surface area (Å²) in [5.41, 5.74) is 1.45. The predicted octanol–water partition coefficient (Wildman–Crippen LogP) is 2.49. The number of nitrogens with zero attached hydrogens (tertiary/aromatic N) is 1. The molecule has 3 rings (SSSR count). The lowest BCUT2D eigenvalue weighted by molar-refractivity contribution is -0.129. The van der Waals surface area contributed by atoms with Gasteiger partial charge in [0.15, 0.2) is 0 Å². The van der Waals surface area contributed by atoms with Gasteiger partial charge in [-0.25, -0.2) is 18.2 Å². The van der Waals surface area contributed by atoms with E-state index in [2.05, 4.69) is 9.71 Å². The van der Waals surface area contributed by atoms with Crippen molar-refractivity contribution in [2.24, 2.45) is 4.99 Å². The maximum atomic E-state index is 12.3. The van der Waals surface area contributed by atoms with Crippen LogP contribution in [0.2, 0.25) is 0 Å². The first kappa shape index (κ1) is 16.1. The number of aliphatic imine (C=N–C) groups is 1. The normalized spacial score (nSPS) is 16.8. The lowest BCUT2D eigenvalue weighted by Gasteiger charge is -2.13. The summed E-state index contributed by atoms with van der Waals surface area (Å²) in [7, 11) is -3.85. The Labute approximate surface area is 139 Å². The summed E-state index contributed by atoms with van der Waals surface area (Å²) in [5, 5.41) is 10.3. The zero-order valence-electron chi connectivity index (χ0n) is 12.5. The van der Waals surface area contributed by atoms with Crippen LogP contribution in [0.1, 0.15) is 17.2 Å². The van der Waals surface area contributed by atoms with Crippen LogP contribution in [-0.2, 0) is 14.8 Å². The highest BCUT2D eigenvalue weighted by molar-refractivity contribution is 7.92. The number of carboxylic acid groups (broad SMARTS) is 1. The summed E-state index contributed by atoms with van der Waals surface area (Å²) in [5.74, 6) is -1.26. The van der Waals surface area contributed by atoms with Crippen molar-refractivity contribution in [3.63, 3.8) is 0 Å². The van der Waals surface area contributed by atoms with Gasteiger partial charge in [-0.05, 0) is 17.7 Å². The number of hydrogen-bond acceptors (Lipinski definition) is 4. The summed E-state index contributed by atoms with van der Waals surface area (Å²) in [4.78, 5) is 15.4. The largest absolute Gasteiger partial charge is 0.477 e. The summed E-state index contributed by atoms with van der Waals surface area (Å²) < 4.78 is 27.0. The van der Waals surface area contributed by atoms with E-state index in [0.717, 1.165) is 11.0 Å². The third kappa shape index (κ3) is 3.42. The van der Waals surface area contributed by atoms with Gasteiger partial charge in [-0.2, -0.15) is 4.72 Å². The molecule has 1 aliphatic rings. The molecule has 1 unspecified atom stereocenters. The molecule has 2 N–H and O–H groups in total. The Morgan fingerprint density at radius 1 is 1.08 bits per heavy atom. The zero-order chi connectivity index (χ0) is 17.2. The summed E-state index contributed by atoms with van der Waals surface area (Å²) in [6.07, 6.45) is 1.45. The molecular formula is C17H14N2O4S. The van der Waals surface area contributed by atoms with Crippen LogP contribution in [0, 0.1) is 0 Å². The minimum absolute atomic E-state index is 0.243. The van der Waals surface area contributed by atoms with Gasteiger partial charge in [0.2, 0.25) is 10.0 Å². The van der Waals surface area contributed by atoms with Crippen LogP contribution < -0.4 is 4.72 Å². The molecule has 0 fully saturated rings. The smallest absolute Gasteiger partial charge is 0.352 e. The number of rotatable bonds is 5. The van der Waals surface area contributed by atoms with Gasteiger partial charge in [-0.1, -0.05) is 48.5 Å². The molecule has 0 aromatic heterocycles. The first-order valence-corrected chi connectivity index (χ1v) is 8.67. The van der Waals surface area contributed by atoms with Gasteiger partial charge in [0, 0.05) is 11.0 Å². The molecular weight excluding hydrogens is 328 g/mol. The average Bonchev–Trinajstić information content (AvgIpc) is 2.93. The van der Waals surface area contributed by atoms with E-state index in [-0.39, 0.29) is 5.71 Å². The van der Waals surface area contributed by atoms with E-state index in [1.54, 1.807) is 48.5 Å². The molecule has 0 amide bonds. The van der Waals surface area contributed by atoms with Crippen molar-refractivity contribution in [2.75, 3.05) is 0 Å². The van der Waals surface area contributed by atoms with Crippen molar-refractivity contribution in [3.05, 3.63) is 71.1 Å². The van der Waals surface area contributed by atoms with Crippen LogP contribution in [0.4, 0.5) is 5.69 Å². The van der Waals surface area contributed by atoms with Crippen LogP contribution in [0.5, 0.6) is 0 Å². The highest BCUT2D eigenvalue weighted by Gasteiger charge is 2.33. The fourth-order valence-corrected chi connectivity index (χ4v) is 3.38. The van der Waals surface area contributed by atoms with Gasteiger partial charge in [-0.15, -0.1) is 0 Å². The lowest BCUT2D eigenvalue weighted by Crippen LogP contribution is -2.34. The Balaban J connectivity index is 1.87. The van der Waals surface area contributed by atoms with E-state index in [1.807, 2.05) is 6.07 Å². The molecule has 2 aromatic carbocycles. The van der Waals surface area contributed by atoms with Crippen LogP contribution in [0.3, 0.4) is 0 Å². The highest BCUT2D eigenvalue weighted by atomic mass is 32.2. The van der Waals surface area contributed by atoms with Gasteiger partial charge < -0.3 is 5.11 Å². The van der Waals surface area contributed by atoms with Gasteiger partial charge >= 0.3 is 5.97 Å². The maximum Gasteiger partial charge on any atom is 0.352 e. The minimum atomic E-state index is -3.85. The van der Waals surface area contributed by atoms with Gasteiger partial charge in [-0.3, -0.25) is 0 Å². The van der Waals surface area contributed by atoms with Crippen LogP contribution in [0.15, 0.2) is 65.0 Å². The topological polar surface area (TPSA) is 95.8 Å². The Kier molecular flexibility index (Phi) is 4.28. The predicted molar refractivity (Wildman–Crippen MR) is 91.4 cm³/mol. The number of hydrogen-bond donors (Lipinski definition) is 2. The second-order valence-electron chi connectivity index (χ2n) is 5.17. The Morgan fingerprint density at radius 2 is 1.75 bits per heavy atom. The number of aliphatic carboxylic acids is 1. The van der Waals surface area contributed by atoms with E-state index in [4.69, 9.17) is 0 Å². The van der Waals surface area contributed by atoms with E-state index < -0.39 is 22.0 Å². The molecule has 0 aliphatic carbocycles. The fourth-order valence-electron chi connectivity index (χ4n) is 2.40. The second kappa shape index (κ2) is 6.38. The van der Waals surface area contributed by atoms with Gasteiger partial charge in [0.1, 0.15) is 5.71 Å². The molecule has 0 radical (unpaired) electrons. The van der Waals surface area contributed by atoms with Crippen molar-refractivity contribution >= 4 is 33.5 Å². The molecule has 0 bridgehead atoms. The van der Waals surface area contributed by atoms with E-state index in [9.17, 15) is 18.3 Å². The molecule has 1 heterocycles. The number of benzene rings is 2. The van der Waals surface area contributed by atoms with E-state index in [1.165, 1.54) is 6.08 Å². The lowest BCUT2D eigenvalue weighted by atomic mass is 10.1. The third-order valence-electron chi connectivity index (χ3n) is 3.50. The van der Waals surface area contributed by atoms with Crippen LogP contribution in [0.25, 0.3) is 6.08 Å². The van der Waals surface area contributed by atoms with Crippen molar-refractivity contribution < 1.29 is 18.3 Å². The molecule has 122 valence electrons. The average molecular weight is 342 g/mol. The molecule has 2 aromatic rings. The number of carboxylic acids is 1. The summed E-state index contributed by atoms with van der Waals surface area (Å²) in [6, 6.07) is 14.7. The molecule has 6 nitrogen and oxygen atoms in total. The molecule has 0 saturated carbocycles. The first-order valence-electron chi connectivity index (χ1n) is 7.12. The number of sulfonamides is 1. The summed E-state index contributed by atoms with van der Waals surface area (Å²) >= 11 is 0. The molecule has 24 heavy (non-hydrogen) atoms. The van der Waals surface area contributed by atoms with Crippen molar-refractivity contribution in [1.29, 1.82) is 0 Å². The van der Waals surface area contributed by atoms with Crippen LogP contribution >= 0.6 is 0 Å². The van der Waals surface area contributed by atoms with E-state index in [0.29, 0.717) is 11.3 Å². The van der Waals surface area contributed by atoms with Gasteiger partial charge in [0.05, 0.1) is 11.7 Å². The minimum Gasteiger partial charge on any atom is -0.477 e. The molecule has 1 atom stereocenters. The molecule has 0 spiro atoms. The van der Waals surface area contributed by atoms with Gasteiger partial charge in [0.25, 0.3) is 0 Å². The summed E-state index contributed by atoms with van der Waals surface area (Å²) in [6.45, 7) is 0. The third-order valence-corrected chi connectivity index (χ3v) is 4.56. The highest BCUT2D eigenvalue weighted by Crippen LogP contribution is 2.34.